The Morgan fingerprint density at radius 2 is 1.55 bits per heavy atom. The third-order valence-corrected chi connectivity index (χ3v) is 5.07. The van der Waals surface area contributed by atoms with Crippen LogP contribution in [-0.2, 0) is 11.0 Å². The van der Waals surface area contributed by atoms with Gasteiger partial charge >= 0.3 is 6.18 Å². The Kier molecular flexibility index (Phi) is 12.7. The summed E-state index contributed by atoms with van der Waals surface area (Å²) in [6.45, 7) is 3.15. The van der Waals surface area contributed by atoms with E-state index in [1.165, 1.54) is 0 Å². The highest BCUT2D eigenvalue weighted by molar-refractivity contribution is 9.09. The van der Waals surface area contributed by atoms with Gasteiger partial charge in [-0.1, -0.05) is 45.7 Å². The Labute approximate surface area is 192 Å². The molecule has 178 valence electrons. The molecule has 0 radical (unpaired) electrons. The average molecular weight is 584 g/mol. The fraction of sp³-hybridized carbons (Fsp3) is 0.588. The molecule has 0 spiro atoms. The number of hydrogen-bond donors (Lipinski definition) is 5. The van der Waals surface area contributed by atoms with E-state index >= 15 is 0 Å². The maximum atomic E-state index is 12.7. The molecule has 0 saturated carbocycles. The third kappa shape index (κ3) is 9.78. The van der Waals surface area contributed by atoms with Crippen LogP contribution in [-0.4, -0.2) is 66.3 Å². The molecule has 1 aromatic rings. The molecule has 14 heteroatoms. The van der Waals surface area contributed by atoms with E-state index in [-0.39, 0.29) is 16.3 Å². The molecule has 5 N–H and O–H groups in total. The van der Waals surface area contributed by atoms with Crippen molar-refractivity contribution in [3.05, 3.63) is 33.9 Å². The van der Waals surface area contributed by atoms with E-state index in [2.05, 4.69) is 37.2 Å². The molecule has 0 heterocycles. The van der Waals surface area contributed by atoms with Crippen LogP contribution >= 0.6 is 31.9 Å². The van der Waals surface area contributed by atoms with E-state index in [4.69, 9.17) is 10.2 Å². The van der Waals surface area contributed by atoms with Gasteiger partial charge in [-0.15, -0.1) is 0 Å². The monoisotopic (exact) mass is 582 g/mol. The van der Waals surface area contributed by atoms with Crippen molar-refractivity contribution in [2.24, 2.45) is 5.92 Å². The Hall–Kier alpha value is -1.32. The molecule has 4 atom stereocenters. The third-order valence-electron chi connectivity index (χ3n) is 3.75. The SMILES string of the molecule is CC(C)C(=O)Nc1ccc([N+](=O)[O-])c(C(F)(F)F)c1.O[C@@H]([C@H](O)[C@H](O)CBr)[C@H](O)CBr. The highest BCUT2D eigenvalue weighted by Gasteiger charge is 2.38. The quantitative estimate of drug-likeness (QED) is 0.179. The van der Waals surface area contributed by atoms with Crippen LogP contribution in [0.3, 0.4) is 0 Å². The lowest BCUT2D eigenvalue weighted by Crippen LogP contribution is -2.45. The first-order valence-electron chi connectivity index (χ1n) is 8.68. The van der Waals surface area contributed by atoms with Gasteiger partial charge in [0.15, 0.2) is 0 Å². The first kappa shape index (κ1) is 29.7. The second-order valence-corrected chi connectivity index (χ2v) is 7.85. The summed E-state index contributed by atoms with van der Waals surface area (Å²) in [4.78, 5) is 20.8. The second-order valence-electron chi connectivity index (χ2n) is 6.56. The molecule has 0 bridgehead atoms. The highest BCUT2D eigenvalue weighted by Crippen LogP contribution is 2.37. The number of aliphatic hydroxyl groups excluding tert-OH is 4. The number of carbonyl (C=O) groups excluding carboxylic acids is 1. The smallest absolute Gasteiger partial charge is 0.389 e. The van der Waals surface area contributed by atoms with E-state index < -0.39 is 58.6 Å². The fourth-order valence-corrected chi connectivity index (χ4v) is 2.69. The van der Waals surface area contributed by atoms with E-state index in [1.54, 1.807) is 13.8 Å². The molecule has 1 aromatic carbocycles. The summed E-state index contributed by atoms with van der Waals surface area (Å²) >= 11 is 5.88. The van der Waals surface area contributed by atoms with Crippen molar-refractivity contribution in [1.29, 1.82) is 0 Å². The van der Waals surface area contributed by atoms with Crippen LogP contribution in [0.15, 0.2) is 18.2 Å². The predicted molar refractivity (Wildman–Crippen MR) is 113 cm³/mol. The van der Waals surface area contributed by atoms with Crippen LogP contribution in [0.25, 0.3) is 0 Å². The zero-order valence-corrected chi connectivity index (χ0v) is 19.6. The topological polar surface area (TPSA) is 153 Å². The number of hydrogen-bond acceptors (Lipinski definition) is 7. The Balaban J connectivity index is 0.000000649. The number of amides is 1. The van der Waals surface area contributed by atoms with Crippen molar-refractivity contribution >= 4 is 49.1 Å². The summed E-state index contributed by atoms with van der Waals surface area (Å²) in [5, 5.41) is 49.6. The summed E-state index contributed by atoms with van der Waals surface area (Å²) in [6, 6.07) is 2.34. The van der Waals surface area contributed by atoms with Crippen LogP contribution < -0.4 is 5.32 Å². The highest BCUT2D eigenvalue weighted by atomic mass is 79.9. The van der Waals surface area contributed by atoms with Crippen molar-refractivity contribution in [3.8, 4) is 0 Å². The Bertz CT molecular complexity index is 724. The molecule has 0 aliphatic heterocycles. The predicted octanol–water partition coefficient (Wildman–Crippen LogP) is 2.43. The zero-order valence-electron chi connectivity index (χ0n) is 16.4. The molecular weight excluding hydrogens is 561 g/mol. The molecule has 0 fully saturated rings. The minimum Gasteiger partial charge on any atom is -0.389 e. The zero-order chi connectivity index (χ0) is 24.5. The molecular formula is C17H23Br2F3N2O7. The van der Waals surface area contributed by atoms with Gasteiger partial charge in [-0.2, -0.15) is 13.2 Å². The molecule has 0 unspecified atom stereocenters. The average Bonchev–Trinajstić information content (AvgIpc) is 2.70. The van der Waals surface area contributed by atoms with Crippen molar-refractivity contribution in [1.82, 2.24) is 0 Å². The van der Waals surface area contributed by atoms with Gasteiger partial charge in [0.1, 0.15) is 17.8 Å². The van der Waals surface area contributed by atoms with Crippen LogP contribution in [0, 0.1) is 16.0 Å². The summed E-state index contributed by atoms with van der Waals surface area (Å²) in [5.74, 6) is -0.883. The number of rotatable bonds is 8. The van der Waals surface area contributed by atoms with Gasteiger partial charge in [0.2, 0.25) is 5.91 Å². The van der Waals surface area contributed by atoms with Crippen molar-refractivity contribution < 1.29 is 43.3 Å². The molecule has 0 aliphatic carbocycles. The lowest BCUT2D eigenvalue weighted by atomic mass is 10.1. The number of nitrogens with one attached hydrogen (secondary N) is 1. The van der Waals surface area contributed by atoms with E-state index in [0.29, 0.717) is 6.07 Å². The lowest BCUT2D eigenvalue weighted by Gasteiger charge is -2.24. The number of benzene rings is 1. The van der Waals surface area contributed by atoms with Crippen molar-refractivity contribution in [2.45, 2.75) is 44.4 Å². The number of nitrogens with zero attached hydrogens (tertiary/aromatic N) is 1. The van der Waals surface area contributed by atoms with Crippen molar-refractivity contribution in [3.63, 3.8) is 0 Å². The van der Waals surface area contributed by atoms with Gasteiger partial charge < -0.3 is 25.7 Å². The van der Waals surface area contributed by atoms with Crippen LogP contribution in [0.4, 0.5) is 24.5 Å². The number of carbonyl (C=O) groups is 1. The Morgan fingerprint density at radius 3 is 1.87 bits per heavy atom. The summed E-state index contributed by atoms with van der Waals surface area (Å²) < 4.78 is 38.0. The fourth-order valence-electron chi connectivity index (χ4n) is 1.92. The van der Waals surface area contributed by atoms with Gasteiger partial charge in [0.25, 0.3) is 5.69 Å². The Morgan fingerprint density at radius 1 is 1.10 bits per heavy atom. The van der Waals surface area contributed by atoms with Crippen LogP contribution in [0.5, 0.6) is 0 Å². The number of aliphatic hydroxyl groups is 4. The second kappa shape index (κ2) is 13.3. The van der Waals surface area contributed by atoms with Gasteiger partial charge in [-0.25, -0.2) is 0 Å². The summed E-state index contributed by atoms with van der Waals surface area (Å²) in [7, 11) is 0. The molecule has 1 rings (SSSR count). The molecule has 1 amide bonds. The standard InChI is InChI=1S/C11H11F3N2O3.C6H12Br2O4/c1-6(2)10(17)15-7-3-4-9(16(18)19)8(5-7)11(12,13)14;7-1-3(9)5(11)6(12)4(10)2-8/h3-6H,1-2H3,(H,15,17);3-6,9-12H,1-2H2/t;3-,4-,5-,6-/m.1/s1. The number of nitro benzene ring substituents is 1. The van der Waals surface area contributed by atoms with Gasteiger partial charge in [0.05, 0.1) is 17.1 Å². The van der Waals surface area contributed by atoms with Crippen LogP contribution in [0.1, 0.15) is 19.4 Å². The van der Waals surface area contributed by atoms with Gasteiger partial charge in [0, 0.05) is 28.3 Å². The summed E-state index contributed by atoms with van der Waals surface area (Å²) in [6.07, 6.45) is -9.68. The normalized spacial score (nSPS) is 15.4. The molecule has 9 nitrogen and oxygen atoms in total. The first-order chi connectivity index (χ1) is 14.2. The van der Waals surface area contributed by atoms with E-state index in [0.717, 1.165) is 12.1 Å². The van der Waals surface area contributed by atoms with Crippen molar-refractivity contribution in [2.75, 3.05) is 16.0 Å². The number of nitro groups is 1. The first-order valence-corrected chi connectivity index (χ1v) is 10.9. The molecule has 0 aromatic heterocycles. The minimum absolute atomic E-state index is 0.128. The maximum absolute atomic E-state index is 12.7. The number of alkyl halides is 5. The lowest BCUT2D eigenvalue weighted by molar-refractivity contribution is -0.388. The summed E-state index contributed by atoms with van der Waals surface area (Å²) in [5.41, 5.74) is -2.56. The molecule has 0 saturated heterocycles. The molecule has 0 aliphatic rings. The maximum Gasteiger partial charge on any atom is 0.423 e. The number of anilines is 1. The van der Waals surface area contributed by atoms with Gasteiger partial charge in [-0.05, 0) is 12.1 Å². The largest absolute Gasteiger partial charge is 0.423 e. The number of halogens is 5. The van der Waals surface area contributed by atoms with Crippen LogP contribution in [0.2, 0.25) is 0 Å². The molecule has 31 heavy (non-hydrogen) atoms. The van der Waals surface area contributed by atoms with E-state index in [1.807, 2.05) is 0 Å². The van der Waals surface area contributed by atoms with Gasteiger partial charge in [-0.3, -0.25) is 14.9 Å². The van der Waals surface area contributed by atoms with E-state index in [9.17, 15) is 38.3 Å². The minimum atomic E-state index is -4.86.